The van der Waals surface area contributed by atoms with Gasteiger partial charge in [0.25, 0.3) is 0 Å². The first-order valence-corrected chi connectivity index (χ1v) is 8.80. The Kier molecular flexibility index (Phi) is 5.69. The molecular formula is C17H19FN2O3S. The number of amides is 1. The van der Waals surface area contributed by atoms with Gasteiger partial charge in [0, 0.05) is 26.2 Å². The molecule has 0 aliphatic carbocycles. The van der Waals surface area contributed by atoms with Gasteiger partial charge in [0.1, 0.15) is 5.82 Å². The predicted octanol–water partition coefficient (Wildman–Crippen LogP) is 2.65. The van der Waals surface area contributed by atoms with Crippen molar-refractivity contribution in [1.29, 1.82) is 0 Å². The Morgan fingerprint density at radius 2 is 1.62 bits per heavy atom. The van der Waals surface area contributed by atoms with Crippen molar-refractivity contribution in [2.75, 3.05) is 19.4 Å². The number of nitrogens with one attached hydrogen (secondary N) is 1. The maximum atomic E-state index is 12.8. The number of nitrogens with zero attached hydrogens (tertiary/aromatic N) is 1. The van der Waals surface area contributed by atoms with Crippen LogP contribution in [0.25, 0.3) is 0 Å². The van der Waals surface area contributed by atoms with E-state index in [2.05, 4.69) is 5.32 Å². The molecule has 2 rings (SSSR count). The summed E-state index contributed by atoms with van der Waals surface area (Å²) in [6.45, 7) is 0. The summed E-state index contributed by atoms with van der Waals surface area (Å²) >= 11 is 0. The summed E-state index contributed by atoms with van der Waals surface area (Å²) in [7, 11) is -0.564. The lowest BCUT2D eigenvalue weighted by Gasteiger charge is -2.12. The van der Waals surface area contributed by atoms with Crippen LogP contribution in [0.1, 0.15) is 12.0 Å². The second-order valence-electron chi connectivity index (χ2n) is 5.49. The highest BCUT2D eigenvalue weighted by Crippen LogP contribution is 2.17. The van der Waals surface area contributed by atoms with E-state index in [4.69, 9.17) is 0 Å². The van der Waals surface area contributed by atoms with E-state index in [-0.39, 0.29) is 23.0 Å². The lowest BCUT2D eigenvalue weighted by Crippen LogP contribution is -2.22. The number of benzene rings is 2. The highest BCUT2D eigenvalue weighted by molar-refractivity contribution is 7.89. The molecule has 5 nitrogen and oxygen atoms in total. The third-order valence-electron chi connectivity index (χ3n) is 3.47. The van der Waals surface area contributed by atoms with Crippen molar-refractivity contribution in [3.05, 3.63) is 59.9 Å². The fourth-order valence-corrected chi connectivity index (χ4v) is 2.96. The summed E-state index contributed by atoms with van der Waals surface area (Å²) in [6, 6.07) is 12.0. The number of halogens is 1. The van der Waals surface area contributed by atoms with Crippen LogP contribution in [-0.4, -0.2) is 32.7 Å². The van der Waals surface area contributed by atoms with Gasteiger partial charge in [-0.3, -0.25) is 4.79 Å². The van der Waals surface area contributed by atoms with Gasteiger partial charge < -0.3 is 5.32 Å². The van der Waals surface area contributed by atoms with Crippen LogP contribution >= 0.6 is 0 Å². The number of hydrogen-bond acceptors (Lipinski definition) is 3. The van der Waals surface area contributed by atoms with Crippen LogP contribution < -0.4 is 5.32 Å². The van der Waals surface area contributed by atoms with Crippen molar-refractivity contribution >= 4 is 21.6 Å². The van der Waals surface area contributed by atoms with Crippen molar-refractivity contribution in [3.8, 4) is 0 Å². The Morgan fingerprint density at radius 3 is 2.17 bits per heavy atom. The number of carbonyl (C=O) groups is 1. The fraction of sp³-hybridized carbons (Fsp3) is 0.235. The number of anilines is 1. The average molecular weight is 350 g/mol. The van der Waals surface area contributed by atoms with Gasteiger partial charge >= 0.3 is 0 Å². The second-order valence-corrected chi connectivity index (χ2v) is 7.64. The van der Waals surface area contributed by atoms with E-state index in [1.54, 1.807) is 24.3 Å². The van der Waals surface area contributed by atoms with E-state index in [0.29, 0.717) is 12.1 Å². The molecule has 0 unspecified atom stereocenters. The smallest absolute Gasteiger partial charge is 0.242 e. The third kappa shape index (κ3) is 4.62. The zero-order valence-corrected chi connectivity index (χ0v) is 14.3. The van der Waals surface area contributed by atoms with Crippen LogP contribution in [-0.2, 0) is 21.2 Å². The van der Waals surface area contributed by atoms with Crippen LogP contribution in [0.4, 0.5) is 10.1 Å². The lowest BCUT2D eigenvalue weighted by molar-refractivity contribution is -0.116. The van der Waals surface area contributed by atoms with Gasteiger partial charge in [0.2, 0.25) is 15.9 Å². The van der Waals surface area contributed by atoms with Gasteiger partial charge in [0.05, 0.1) is 4.90 Å². The lowest BCUT2D eigenvalue weighted by atomic mass is 10.1. The molecule has 24 heavy (non-hydrogen) atoms. The minimum Gasteiger partial charge on any atom is -0.326 e. The van der Waals surface area contributed by atoms with Crippen LogP contribution in [0.3, 0.4) is 0 Å². The summed E-state index contributed by atoms with van der Waals surface area (Å²) in [5.41, 5.74) is 1.40. The zero-order chi connectivity index (χ0) is 17.7. The molecule has 0 saturated heterocycles. The van der Waals surface area contributed by atoms with Gasteiger partial charge in [0.15, 0.2) is 0 Å². The molecule has 1 N–H and O–H groups in total. The first-order valence-electron chi connectivity index (χ1n) is 7.36. The third-order valence-corrected chi connectivity index (χ3v) is 5.30. The summed E-state index contributed by atoms with van der Waals surface area (Å²) in [5, 5.41) is 2.71. The Labute approximate surface area is 141 Å². The quantitative estimate of drug-likeness (QED) is 0.871. The number of aryl methyl sites for hydroxylation is 1. The first kappa shape index (κ1) is 18.1. The van der Waals surface area contributed by atoms with Gasteiger partial charge in [-0.25, -0.2) is 17.1 Å². The highest BCUT2D eigenvalue weighted by Gasteiger charge is 2.16. The highest BCUT2D eigenvalue weighted by atomic mass is 32.2. The molecule has 0 aromatic heterocycles. The molecule has 0 saturated carbocycles. The second kappa shape index (κ2) is 7.55. The van der Waals surface area contributed by atoms with E-state index in [0.717, 1.165) is 9.87 Å². The Morgan fingerprint density at radius 1 is 1.04 bits per heavy atom. The molecule has 0 heterocycles. The van der Waals surface area contributed by atoms with Gasteiger partial charge in [-0.1, -0.05) is 12.1 Å². The normalized spacial score (nSPS) is 11.5. The van der Waals surface area contributed by atoms with E-state index < -0.39 is 10.0 Å². The Hall–Kier alpha value is -2.25. The molecule has 0 radical (unpaired) electrons. The molecule has 2 aromatic carbocycles. The molecular weight excluding hydrogens is 331 g/mol. The van der Waals surface area contributed by atoms with Crippen molar-refractivity contribution in [1.82, 2.24) is 4.31 Å². The molecule has 0 fully saturated rings. The average Bonchev–Trinajstić information content (AvgIpc) is 2.54. The minimum atomic E-state index is -3.48. The monoisotopic (exact) mass is 350 g/mol. The van der Waals surface area contributed by atoms with Gasteiger partial charge in [-0.2, -0.15) is 0 Å². The number of rotatable bonds is 6. The van der Waals surface area contributed by atoms with Crippen molar-refractivity contribution in [3.63, 3.8) is 0 Å². The molecule has 2 aromatic rings. The molecule has 1 amide bonds. The van der Waals surface area contributed by atoms with E-state index >= 15 is 0 Å². The molecule has 0 atom stereocenters. The summed E-state index contributed by atoms with van der Waals surface area (Å²) in [6.07, 6.45) is 0.753. The molecule has 0 spiro atoms. The number of hydrogen-bond donors (Lipinski definition) is 1. The minimum absolute atomic E-state index is 0.164. The number of carbonyl (C=O) groups excluding carboxylic acids is 1. The molecule has 0 bridgehead atoms. The van der Waals surface area contributed by atoms with Crippen LogP contribution in [0.15, 0.2) is 53.4 Å². The van der Waals surface area contributed by atoms with Crippen LogP contribution in [0, 0.1) is 5.82 Å². The summed E-state index contributed by atoms with van der Waals surface area (Å²) < 4.78 is 37.9. The van der Waals surface area contributed by atoms with Crippen molar-refractivity contribution in [2.45, 2.75) is 17.7 Å². The fourth-order valence-electron chi connectivity index (χ4n) is 2.05. The van der Waals surface area contributed by atoms with Crippen LogP contribution in [0.5, 0.6) is 0 Å². The standard InChI is InChI=1S/C17H19FN2O3S/c1-20(2)24(22,23)16-10-8-15(9-11-16)19-17(21)12-5-13-3-6-14(18)7-4-13/h3-4,6-11H,5,12H2,1-2H3,(H,19,21). The maximum absolute atomic E-state index is 12.8. The van der Waals surface area contributed by atoms with Crippen LogP contribution in [0.2, 0.25) is 0 Å². The van der Waals surface area contributed by atoms with Gasteiger partial charge in [-0.05, 0) is 48.4 Å². The molecule has 128 valence electrons. The molecule has 0 aliphatic heterocycles. The van der Waals surface area contributed by atoms with E-state index in [9.17, 15) is 17.6 Å². The summed E-state index contributed by atoms with van der Waals surface area (Å²) in [5.74, 6) is -0.501. The van der Waals surface area contributed by atoms with Gasteiger partial charge in [-0.15, -0.1) is 0 Å². The molecule has 7 heteroatoms. The molecule has 0 aliphatic rings. The number of sulfonamides is 1. The van der Waals surface area contributed by atoms with E-state index in [1.807, 2.05) is 0 Å². The zero-order valence-electron chi connectivity index (χ0n) is 13.5. The van der Waals surface area contributed by atoms with E-state index in [1.165, 1.54) is 38.4 Å². The largest absolute Gasteiger partial charge is 0.326 e. The Bertz CT molecular complexity index is 801. The predicted molar refractivity (Wildman–Crippen MR) is 90.7 cm³/mol. The first-order chi connectivity index (χ1) is 11.3. The van der Waals surface area contributed by atoms with Crippen molar-refractivity contribution < 1.29 is 17.6 Å². The Balaban J connectivity index is 1.93. The SMILES string of the molecule is CN(C)S(=O)(=O)c1ccc(NC(=O)CCc2ccc(F)cc2)cc1. The maximum Gasteiger partial charge on any atom is 0.242 e. The topological polar surface area (TPSA) is 66.5 Å². The summed E-state index contributed by atoms with van der Waals surface area (Å²) in [4.78, 5) is 12.1. The van der Waals surface area contributed by atoms with Crippen molar-refractivity contribution in [2.24, 2.45) is 0 Å².